The van der Waals surface area contributed by atoms with Crippen LogP contribution in [0.1, 0.15) is 32.6 Å². The average Bonchev–Trinajstić information content (AvgIpc) is 2.45. The van der Waals surface area contributed by atoms with E-state index in [-0.39, 0.29) is 17.6 Å². The van der Waals surface area contributed by atoms with Gasteiger partial charge in [0.1, 0.15) is 0 Å². The summed E-state index contributed by atoms with van der Waals surface area (Å²) in [7, 11) is -1.54. The Morgan fingerprint density at radius 2 is 2.00 bits per heavy atom. The number of nitrogens with zero attached hydrogens (tertiary/aromatic N) is 1. The summed E-state index contributed by atoms with van der Waals surface area (Å²) in [6.07, 6.45) is 2.77. The number of hydrogen-bond acceptors (Lipinski definition) is 4. The highest BCUT2D eigenvalue weighted by Gasteiger charge is 2.30. The summed E-state index contributed by atoms with van der Waals surface area (Å²) in [5.41, 5.74) is 0. The van der Waals surface area contributed by atoms with E-state index in [4.69, 9.17) is 4.74 Å². The summed E-state index contributed by atoms with van der Waals surface area (Å²) in [5.74, 6) is 0.144. The zero-order valence-electron chi connectivity index (χ0n) is 12.4. The van der Waals surface area contributed by atoms with Gasteiger partial charge < -0.3 is 10.1 Å². The summed E-state index contributed by atoms with van der Waals surface area (Å²) in [5, 5.41) is 2.81. The fraction of sp³-hybridized carbons (Fsp3) is 0.923. The molecule has 0 aromatic carbocycles. The molecule has 1 fully saturated rings. The Hall–Kier alpha value is -0.660. The quantitative estimate of drug-likeness (QED) is 0.666. The van der Waals surface area contributed by atoms with Crippen LogP contribution in [0.15, 0.2) is 0 Å². The van der Waals surface area contributed by atoms with Gasteiger partial charge in [-0.2, -0.15) is 0 Å². The second-order valence-corrected chi connectivity index (χ2v) is 7.22. The van der Waals surface area contributed by atoms with Gasteiger partial charge in [-0.1, -0.05) is 13.3 Å². The van der Waals surface area contributed by atoms with E-state index in [0.29, 0.717) is 45.5 Å². The molecule has 7 heteroatoms. The number of methoxy groups -OCH3 is 1. The van der Waals surface area contributed by atoms with Crippen LogP contribution in [0, 0.1) is 5.92 Å². The van der Waals surface area contributed by atoms with Crippen molar-refractivity contribution in [1.82, 2.24) is 9.62 Å². The molecule has 0 saturated carbocycles. The molecule has 1 N–H and O–H groups in total. The van der Waals surface area contributed by atoms with Gasteiger partial charge in [0.25, 0.3) is 0 Å². The minimum absolute atomic E-state index is 0.00709. The number of rotatable bonds is 8. The molecule has 20 heavy (non-hydrogen) atoms. The predicted octanol–water partition coefficient (Wildman–Crippen LogP) is 0.591. The van der Waals surface area contributed by atoms with Gasteiger partial charge in [-0.3, -0.25) is 4.79 Å². The molecule has 1 aliphatic rings. The van der Waals surface area contributed by atoms with Gasteiger partial charge in [0.05, 0.1) is 12.4 Å². The summed E-state index contributed by atoms with van der Waals surface area (Å²) < 4.78 is 30.5. The molecule has 0 spiro atoms. The number of amides is 1. The van der Waals surface area contributed by atoms with Crippen molar-refractivity contribution in [2.75, 3.05) is 39.1 Å². The largest absolute Gasteiger partial charge is 0.383 e. The molecule has 0 aliphatic carbocycles. The highest BCUT2D eigenvalue weighted by molar-refractivity contribution is 7.89. The first-order valence-electron chi connectivity index (χ1n) is 7.25. The van der Waals surface area contributed by atoms with E-state index >= 15 is 0 Å². The van der Waals surface area contributed by atoms with Crippen molar-refractivity contribution in [3.8, 4) is 0 Å². The molecule has 0 unspecified atom stereocenters. The van der Waals surface area contributed by atoms with Gasteiger partial charge in [0.15, 0.2) is 0 Å². The summed E-state index contributed by atoms with van der Waals surface area (Å²) >= 11 is 0. The van der Waals surface area contributed by atoms with Crippen LogP contribution >= 0.6 is 0 Å². The van der Waals surface area contributed by atoms with Gasteiger partial charge >= 0.3 is 0 Å². The first-order chi connectivity index (χ1) is 9.51. The molecule has 0 atom stereocenters. The number of piperidine rings is 1. The van der Waals surface area contributed by atoms with E-state index in [1.54, 1.807) is 7.11 Å². The lowest BCUT2D eigenvalue weighted by Crippen LogP contribution is -2.44. The fourth-order valence-electron chi connectivity index (χ4n) is 2.27. The van der Waals surface area contributed by atoms with Crippen molar-refractivity contribution in [3.63, 3.8) is 0 Å². The number of unbranched alkanes of at least 4 members (excludes halogenated alkanes) is 1. The topological polar surface area (TPSA) is 75.7 Å². The zero-order chi connectivity index (χ0) is 15.0. The molecule has 0 aromatic rings. The lowest BCUT2D eigenvalue weighted by molar-refractivity contribution is -0.126. The molecule has 1 saturated heterocycles. The van der Waals surface area contributed by atoms with Crippen molar-refractivity contribution < 1.29 is 17.9 Å². The lowest BCUT2D eigenvalue weighted by atomic mass is 9.97. The predicted molar refractivity (Wildman–Crippen MR) is 77.9 cm³/mol. The van der Waals surface area contributed by atoms with E-state index in [1.807, 2.05) is 6.92 Å². The monoisotopic (exact) mass is 306 g/mol. The first kappa shape index (κ1) is 17.4. The first-order valence-corrected chi connectivity index (χ1v) is 8.86. The fourth-order valence-corrected chi connectivity index (χ4v) is 3.95. The number of carbonyl (C=O) groups is 1. The van der Waals surface area contributed by atoms with Crippen molar-refractivity contribution in [1.29, 1.82) is 0 Å². The van der Waals surface area contributed by atoms with Crippen LogP contribution in [-0.4, -0.2) is 57.7 Å². The van der Waals surface area contributed by atoms with Crippen LogP contribution in [0.5, 0.6) is 0 Å². The van der Waals surface area contributed by atoms with E-state index in [0.717, 1.165) is 6.42 Å². The van der Waals surface area contributed by atoms with E-state index < -0.39 is 10.0 Å². The van der Waals surface area contributed by atoms with Gasteiger partial charge in [0, 0.05) is 32.7 Å². The second kappa shape index (κ2) is 8.59. The number of ether oxygens (including phenoxy) is 1. The Kier molecular flexibility index (Phi) is 7.47. The summed E-state index contributed by atoms with van der Waals surface area (Å²) in [6.45, 7) is 3.88. The van der Waals surface area contributed by atoms with Gasteiger partial charge in [0.2, 0.25) is 15.9 Å². The van der Waals surface area contributed by atoms with Crippen LogP contribution in [0.4, 0.5) is 0 Å². The molecule has 1 aliphatic heterocycles. The molecule has 1 rings (SSSR count). The molecular weight excluding hydrogens is 280 g/mol. The molecule has 0 aromatic heterocycles. The Morgan fingerprint density at radius 3 is 2.55 bits per heavy atom. The third-order valence-corrected chi connectivity index (χ3v) is 5.54. The molecule has 0 radical (unpaired) electrons. The number of nitrogens with one attached hydrogen (secondary N) is 1. The third-order valence-electron chi connectivity index (χ3n) is 3.58. The van der Waals surface area contributed by atoms with E-state index in [1.165, 1.54) is 4.31 Å². The van der Waals surface area contributed by atoms with Crippen LogP contribution < -0.4 is 5.32 Å². The maximum Gasteiger partial charge on any atom is 0.223 e. The van der Waals surface area contributed by atoms with Crippen LogP contribution in [0.3, 0.4) is 0 Å². The molecule has 118 valence electrons. The summed E-state index contributed by atoms with van der Waals surface area (Å²) in [6, 6.07) is 0. The van der Waals surface area contributed by atoms with Crippen LogP contribution in [-0.2, 0) is 19.6 Å². The Balaban J connectivity index is 2.37. The minimum atomic E-state index is -3.13. The lowest BCUT2D eigenvalue weighted by Gasteiger charge is -2.30. The zero-order valence-corrected chi connectivity index (χ0v) is 13.2. The van der Waals surface area contributed by atoms with E-state index in [2.05, 4.69) is 5.32 Å². The molecule has 1 heterocycles. The normalized spacial score (nSPS) is 18.1. The highest BCUT2D eigenvalue weighted by Crippen LogP contribution is 2.20. The number of hydrogen-bond donors (Lipinski definition) is 1. The van der Waals surface area contributed by atoms with Crippen molar-refractivity contribution in [2.45, 2.75) is 32.6 Å². The maximum absolute atomic E-state index is 12.0. The van der Waals surface area contributed by atoms with Crippen molar-refractivity contribution in [2.24, 2.45) is 5.92 Å². The second-order valence-electron chi connectivity index (χ2n) is 5.13. The standard InChI is InChI=1S/C13H26N2O4S/c1-3-4-11-20(17,18)15-8-5-12(6-9-15)13(16)14-7-10-19-2/h12H,3-11H2,1-2H3,(H,14,16). The van der Waals surface area contributed by atoms with Gasteiger partial charge in [-0.05, 0) is 19.3 Å². The average molecular weight is 306 g/mol. The van der Waals surface area contributed by atoms with Gasteiger partial charge in [-0.25, -0.2) is 12.7 Å². The Bertz CT molecular complexity index is 389. The maximum atomic E-state index is 12.0. The Morgan fingerprint density at radius 1 is 1.35 bits per heavy atom. The molecule has 6 nitrogen and oxygen atoms in total. The molecular formula is C13H26N2O4S. The number of sulfonamides is 1. The Labute approximate surface area is 121 Å². The SMILES string of the molecule is CCCCS(=O)(=O)N1CCC(C(=O)NCCOC)CC1. The minimum Gasteiger partial charge on any atom is -0.383 e. The van der Waals surface area contributed by atoms with Crippen LogP contribution in [0.2, 0.25) is 0 Å². The third kappa shape index (κ3) is 5.38. The van der Waals surface area contributed by atoms with E-state index in [9.17, 15) is 13.2 Å². The highest BCUT2D eigenvalue weighted by atomic mass is 32.2. The molecule has 1 amide bonds. The smallest absolute Gasteiger partial charge is 0.223 e. The molecule has 0 bridgehead atoms. The van der Waals surface area contributed by atoms with Crippen molar-refractivity contribution in [3.05, 3.63) is 0 Å². The van der Waals surface area contributed by atoms with Crippen LogP contribution in [0.25, 0.3) is 0 Å². The van der Waals surface area contributed by atoms with Gasteiger partial charge in [-0.15, -0.1) is 0 Å². The van der Waals surface area contributed by atoms with Crippen molar-refractivity contribution >= 4 is 15.9 Å². The summed E-state index contributed by atoms with van der Waals surface area (Å²) in [4.78, 5) is 11.9. The number of carbonyl (C=O) groups excluding carboxylic acids is 1.